The fourth-order valence-corrected chi connectivity index (χ4v) is 3.49. The Hall–Kier alpha value is -2.40. The number of nitrogens with zero attached hydrogens (tertiary/aromatic N) is 1. The van der Waals surface area contributed by atoms with Crippen molar-refractivity contribution in [2.24, 2.45) is 0 Å². The van der Waals surface area contributed by atoms with E-state index in [1.165, 1.54) is 10.9 Å². The van der Waals surface area contributed by atoms with Crippen LogP contribution in [0.2, 0.25) is 0 Å². The molecule has 0 radical (unpaired) electrons. The van der Waals surface area contributed by atoms with Crippen molar-refractivity contribution in [3.63, 3.8) is 0 Å². The Morgan fingerprint density at radius 1 is 1.17 bits per heavy atom. The van der Waals surface area contributed by atoms with E-state index in [4.69, 9.17) is 4.74 Å². The molecule has 0 spiro atoms. The maximum absolute atomic E-state index is 12.2. The lowest BCUT2D eigenvalue weighted by molar-refractivity contribution is -0.113. The average molecular weight is 340 g/mol. The molecule has 3 rings (SSSR count). The van der Waals surface area contributed by atoms with Crippen LogP contribution in [0.4, 0.5) is 5.69 Å². The second-order valence-electron chi connectivity index (χ2n) is 5.36. The Kier molecular flexibility index (Phi) is 5.11. The molecule has 0 bridgehead atoms. The van der Waals surface area contributed by atoms with Gasteiger partial charge in [0.25, 0.3) is 0 Å². The molecule has 5 heteroatoms. The molecule has 1 heterocycles. The number of para-hydroxylation sites is 1. The summed E-state index contributed by atoms with van der Waals surface area (Å²) in [4.78, 5) is 13.3. The summed E-state index contributed by atoms with van der Waals surface area (Å²) in [6.45, 7) is 3.04. The molecule has 2 aromatic carbocycles. The molecule has 0 aliphatic rings. The summed E-state index contributed by atoms with van der Waals surface area (Å²) < 4.78 is 7.32. The zero-order chi connectivity index (χ0) is 16.9. The average Bonchev–Trinajstić information content (AvgIpc) is 2.99. The van der Waals surface area contributed by atoms with Gasteiger partial charge in [0, 0.05) is 34.2 Å². The number of thioether (sulfide) groups is 1. The van der Waals surface area contributed by atoms with Crippen LogP contribution in [-0.2, 0) is 11.3 Å². The Labute approximate surface area is 145 Å². The number of hydrogen-bond acceptors (Lipinski definition) is 3. The first-order valence-corrected chi connectivity index (χ1v) is 8.84. The van der Waals surface area contributed by atoms with E-state index in [0.717, 1.165) is 22.9 Å². The van der Waals surface area contributed by atoms with E-state index in [2.05, 4.69) is 35.1 Å². The number of benzene rings is 2. The van der Waals surface area contributed by atoms with Gasteiger partial charge in [-0.05, 0) is 37.3 Å². The van der Waals surface area contributed by atoms with Gasteiger partial charge in [-0.1, -0.05) is 18.2 Å². The number of rotatable bonds is 6. The van der Waals surface area contributed by atoms with Gasteiger partial charge < -0.3 is 14.6 Å². The van der Waals surface area contributed by atoms with Crippen molar-refractivity contribution in [2.75, 3.05) is 18.2 Å². The van der Waals surface area contributed by atoms with Crippen LogP contribution in [0.25, 0.3) is 10.9 Å². The SMILES string of the molecule is CCn1cc(SCC(=O)Nc2ccc(OC)cc2)c2ccccc21. The molecular weight excluding hydrogens is 320 g/mol. The lowest BCUT2D eigenvalue weighted by atomic mass is 10.2. The van der Waals surface area contributed by atoms with Crippen molar-refractivity contribution in [3.05, 3.63) is 54.7 Å². The third-order valence-electron chi connectivity index (χ3n) is 3.83. The molecule has 4 nitrogen and oxygen atoms in total. The molecule has 0 unspecified atom stereocenters. The fraction of sp³-hybridized carbons (Fsp3) is 0.211. The molecule has 3 aromatic rings. The minimum Gasteiger partial charge on any atom is -0.497 e. The maximum atomic E-state index is 12.2. The molecular formula is C19H20N2O2S. The zero-order valence-electron chi connectivity index (χ0n) is 13.8. The second kappa shape index (κ2) is 7.45. The highest BCUT2D eigenvalue weighted by Crippen LogP contribution is 2.30. The predicted octanol–water partition coefficient (Wildman–Crippen LogP) is 4.40. The number of aromatic nitrogens is 1. The summed E-state index contributed by atoms with van der Waals surface area (Å²) in [6.07, 6.45) is 2.12. The number of fused-ring (bicyclic) bond motifs is 1. The van der Waals surface area contributed by atoms with Crippen molar-refractivity contribution < 1.29 is 9.53 Å². The van der Waals surface area contributed by atoms with Crippen LogP contribution in [0, 0.1) is 0 Å². The van der Waals surface area contributed by atoms with Crippen molar-refractivity contribution in [3.8, 4) is 5.75 Å². The summed E-state index contributed by atoms with van der Waals surface area (Å²) >= 11 is 1.56. The molecule has 1 amide bonds. The molecule has 0 aliphatic heterocycles. The highest BCUT2D eigenvalue weighted by molar-refractivity contribution is 8.00. The van der Waals surface area contributed by atoms with Crippen molar-refractivity contribution in [1.82, 2.24) is 4.57 Å². The lowest BCUT2D eigenvalue weighted by Gasteiger charge is -2.06. The third kappa shape index (κ3) is 3.57. The van der Waals surface area contributed by atoms with Crippen LogP contribution in [0.15, 0.2) is 59.6 Å². The van der Waals surface area contributed by atoms with Gasteiger partial charge in [0.2, 0.25) is 5.91 Å². The summed E-state index contributed by atoms with van der Waals surface area (Å²) in [5, 5.41) is 4.11. The van der Waals surface area contributed by atoms with E-state index in [1.54, 1.807) is 18.9 Å². The van der Waals surface area contributed by atoms with Gasteiger partial charge >= 0.3 is 0 Å². The van der Waals surface area contributed by atoms with Crippen LogP contribution in [0.3, 0.4) is 0 Å². The van der Waals surface area contributed by atoms with E-state index >= 15 is 0 Å². The number of carbonyl (C=O) groups excluding carboxylic acids is 1. The Balaban J connectivity index is 1.65. The van der Waals surface area contributed by atoms with Gasteiger partial charge in [-0.2, -0.15) is 0 Å². The van der Waals surface area contributed by atoms with Crippen molar-refractivity contribution in [2.45, 2.75) is 18.4 Å². The second-order valence-corrected chi connectivity index (χ2v) is 6.38. The number of anilines is 1. The molecule has 24 heavy (non-hydrogen) atoms. The third-order valence-corrected chi connectivity index (χ3v) is 4.87. The van der Waals surface area contributed by atoms with E-state index < -0.39 is 0 Å². The van der Waals surface area contributed by atoms with Crippen LogP contribution >= 0.6 is 11.8 Å². The highest BCUT2D eigenvalue weighted by atomic mass is 32.2. The van der Waals surface area contributed by atoms with Crippen LogP contribution in [0.1, 0.15) is 6.92 Å². The number of ether oxygens (including phenoxy) is 1. The first-order chi connectivity index (χ1) is 11.7. The number of aryl methyl sites for hydroxylation is 1. The summed E-state index contributed by atoms with van der Waals surface area (Å²) in [5.41, 5.74) is 1.98. The van der Waals surface area contributed by atoms with Gasteiger partial charge in [0.1, 0.15) is 5.75 Å². The Morgan fingerprint density at radius 2 is 1.92 bits per heavy atom. The largest absolute Gasteiger partial charge is 0.497 e. The molecule has 0 atom stereocenters. The van der Waals surface area contributed by atoms with E-state index in [9.17, 15) is 4.79 Å². The predicted molar refractivity (Wildman–Crippen MR) is 100.0 cm³/mol. The molecule has 0 aliphatic carbocycles. The molecule has 1 aromatic heterocycles. The summed E-state index contributed by atoms with van der Waals surface area (Å²) in [7, 11) is 1.62. The fourth-order valence-electron chi connectivity index (χ4n) is 2.60. The van der Waals surface area contributed by atoms with Gasteiger partial charge in [-0.15, -0.1) is 11.8 Å². The summed E-state index contributed by atoms with van der Waals surface area (Å²) in [5.74, 6) is 1.14. The summed E-state index contributed by atoms with van der Waals surface area (Å²) in [6, 6.07) is 15.6. The topological polar surface area (TPSA) is 43.3 Å². The molecule has 0 fully saturated rings. The Morgan fingerprint density at radius 3 is 2.62 bits per heavy atom. The van der Waals surface area contributed by atoms with Crippen LogP contribution in [0.5, 0.6) is 5.75 Å². The van der Waals surface area contributed by atoms with Gasteiger partial charge in [0.05, 0.1) is 12.9 Å². The van der Waals surface area contributed by atoms with E-state index in [1.807, 2.05) is 36.4 Å². The molecule has 0 saturated carbocycles. The first kappa shape index (κ1) is 16.5. The molecule has 124 valence electrons. The van der Waals surface area contributed by atoms with Gasteiger partial charge in [0.15, 0.2) is 0 Å². The normalized spacial score (nSPS) is 10.8. The number of carbonyl (C=O) groups is 1. The minimum atomic E-state index is -0.0153. The number of amides is 1. The van der Waals surface area contributed by atoms with E-state index in [0.29, 0.717) is 5.75 Å². The molecule has 1 N–H and O–H groups in total. The standard InChI is InChI=1S/C19H20N2O2S/c1-3-21-12-18(16-6-4-5-7-17(16)21)24-13-19(22)20-14-8-10-15(23-2)11-9-14/h4-12H,3,13H2,1-2H3,(H,20,22). The van der Waals surface area contributed by atoms with Gasteiger partial charge in [-0.3, -0.25) is 4.79 Å². The maximum Gasteiger partial charge on any atom is 0.234 e. The number of methoxy groups -OCH3 is 1. The Bertz CT molecular complexity index is 840. The zero-order valence-corrected chi connectivity index (χ0v) is 14.6. The number of nitrogens with one attached hydrogen (secondary N) is 1. The van der Waals surface area contributed by atoms with Crippen LogP contribution in [-0.4, -0.2) is 23.3 Å². The van der Waals surface area contributed by atoms with Crippen LogP contribution < -0.4 is 10.1 Å². The van der Waals surface area contributed by atoms with Crippen molar-refractivity contribution >= 4 is 34.3 Å². The van der Waals surface area contributed by atoms with Gasteiger partial charge in [-0.25, -0.2) is 0 Å². The molecule has 0 saturated heterocycles. The van der Waals surface area contributed by atoms with Crippen molar-refractivity contribution in [1.29, 1.82) is 0 Å². The lowest BCUT2D eigenvalue weighted by Crippen LogP contribution is -2.13. The quantitative estimate of drug-likeness (QED) is 0.676. The number of hydrogen-bond donors (Lipinski definition) is 1. The minimum absolute atomic E-state index is 0.0153. The smallest absolute Gasteiger partial charge is 0.234 e. The monoisotopic (exact) mass is 340 g/mol. The highest BCUT2D eigenvalue weighted by Gasteiger charge is 2.10. The van der Waals surface area contributed by atoms with E-state index in [-0.39, 0.29) is 5.91 Å². The first-order valence-electron chi connectivity index (χ1n) is 7.86.